The number of aliphatic imine (C=N–C) groups is 2. The summed E-state index contributed by atoms with van der Waals surface area (Å²) in [5.74, 6) is 1.90. The first-order valence-electron chi connectivity index (χ1n) is 19.5. The van der Waals surface area contributed by atoms with Crippen molar-refractivity contribution < 1.29 is 0 Å². The van der Waals surface area contributed by atoms with Crippen LogP contribution >= 0.6 is 22.7 Å². The molecule has 4 nitrogen and oxygen atoms in total. The monoisotopic (exact) mass is 766 g/mol. The van der Waals surface area contributed by atoms with Crippen LogP contribution in [-0.4, -0.2) is 16.2 Å². The highest BCUT2D eigenvalue weighted by molar-refractivity contribution is 7.26. The molecule has 3 aromatic heterocycles. The van der Waals surface area contributed by atoms with Gasteiger partial charge in [0.15, 0.2) is 0 Å². The van der Waals surface area contributed by atoms with E-state index in [-0.39, 0.29) is 12.1 Å². The molecule has 7 aromatic carbocycles. The summed E-state index contributed by atoms with van der Waals surface area (Å²) < 4.78 is 7.55. The number of benzene rings is 7. The molecule has 270 valence electrons. The maximum Gasteiger partial charge on any atom is 0.149 e. The van der Waals surface area contributed by atoms with Crippen LogP contribution in [0.3, 0.4) is 0 Å². The molecule has 6 heteroatoms. The molecule has 1 aliphatic carbocycles. The smallest absolute Gasteiger partial charge is 0.149 e. The van der Waals surface area contributed by atoms with Gasteiger partial charge >= 0.3 is 0 Å². The van der Waals surface area contributed by atoms with Crippen LogP contribution in [0.2, 0.25) is 0 Å². The van der Waals surface area contributed by atoms with Gasteiger partial charge in [-0.2, -0.15) is 0 Å². The summed E-state index contributed by atoms with van der Waals surface area (Å²) in [7, 11) is 0. The minimum absolute atomic E-state index is 0.155. The molecule has 0 amide bonds. The largest absolute Gasteiger partial charge is 0.344 e. The Labute approximate surface area is 337 Å². The number of fused-ring (bicyclic) bond motifs is 9. The first kappa shape index (κ1) is 32.6. The van der Waals surface area contributed by atoms with Gasteiger partial charge in [0.2, 0.25) is 0 Å². The molecule has 4 heterocycles. The molecule has 0 saturated heterocycles. The lowest BCUT2D eigenvalue weighted by Crippen LogP contribution is -2.35. The van der Waals surface area contributed by atoms with Crippen molar-refractivity contribution in [3.63, 3.8) is 0 Å². The van der Waals surface area contributed by atoms with Gasteiger partial charge in [-0.05, 0) is 60.0 Å². The topological polar surface area (TPSA) is 41.7 Å². The fourth-order valence-corrected chi connectivity index (χ4v) is 11.2. The molecule has 0 radical (unpaired) electrons. The predicted molar refractivity (Wildman–Crippen MR) is 245 cm³/mol. The van der Waals surface area contributed by atoms with Crippen LogP contribution in [0.5, 0.6) is 0 Å². The minimum Gasteiger partial charge on any atom is -0.344 e. The summed E-state index contributed by atoms with van der Waals surface area (Å²) >= 11 is 3.73. The van der Waals surface area contributed by atoms with Crippen LogP contribution in [0.4, 0.5) is 0 Å². The zero-order valence-corrected chi connectivity index (χ0v) is 32.4. The minimum atomic E-state index is -0.242. The fourth-order valence-electron chi connectivity index (χ4n) is 8.81. The SMILES string of the molecule is C1=CCC(C2=NC(c3cccc4c3sc3cc(-c5ccc6c(c5)sc5ccc(-n7c8ccccc8c8ccccc87)cc56)ccc34)NC(c3ccccc3)=N2)C=C1. The number of nitrogens with one attached hydrogen (secondary N) is 1. The second-order valence-corrected chi connectivity index (χ2v) is 17.1. The third kappa shape index (κ3) is 5.32. The number of nitrogens with zero attached hydrogens (tertiary/aromatic N) is 3. The summed E-state index contributed by atoms with van der Waals surface area (Å²) in [6, 6.07) is 55.4. The molecule has 10 aromatic rings. The number of amidine groups is 2. The van der Waals surface area contributed by atoms with Crippen LogP contribution in [-0.2, 0) is 0 Å². The summed E-state index contributed by atoms with van der Waals surface area (Å²) in [5.41, 5.74) is 8.37. The molecular weight excluding hydrogens is 733 g/mol. The highest BCUT2D eigenvalue weighted by Gasteiger charge is 2.26. The van der Waals surface area contributed by atoms with Gasteiger partial charge in [0.1, 0.15) is 17.8 Å². The van der Waals surface area contributed by atoms with E-state index in [0.29, 0.717) is 0 Å². The third-order valence-electron chi connectivity index (χ3n) is 11.6. The molecule has 2 atom stereocenters. The summed E-state index contributed by atoms with van der Waals surface area (Å²) in [6.45, 7) is 0. The zero-order chi connectivity index (χ0) is 37.5. The number of rotatable bonds is 5. The zero-order valence-electron chi connectivity index (χ0n) is 30.8. The van der Waals surface area contributed by atoms with E-state index in [9.17, 15) is 0 Å². The first-order chi connectivity index (χ1) is 28.2. The second-order valence-electron chi connectivity index (χ2n) is 14.9. The van der Waals surface area contributed by atoms with E-state index in [1.54, 1.807) is 0 Å². The molecule has 2 unspecified atom stereocenters. The fraction of sp³-hybridized carbons (Fsp3) is 0.0588. The van der Waals surface area contributed by atoms with Crippen molar-refractivity contribution in [2.45, 2.75) is 12.6 Å². The van der Waals surface area contributed by atoms with Crippen molar-refractivity contribution in [1.29, 1.82) is 0 Å². The van der Waals surface area contributed by atoms with E-state index in [2.05, 4.69) is 180 Å². The van der Waals surface area contributed by atoms with Crippen LogP contribution in [0.25, 0.3) is 79.0 Å². The number of hydrogen-bond acceptors (Lipinski definition) is 5. The van der Waals surface area contributed by atoms with Gasteiger partial charge < -0.3 is 9.88 Å². The standard InChI is InChI=1S/C51H34N4S2/c1-3-12-31(13-4-1)49-52-50(32-14-5-2-6-15-32)54-51(53-49)41-19-11-18-40-38-25-22-34(29-47(38)57-48(40)41)33-23-26-39-42-30-35(24-27-45(42)56-46(39)28-33)55-43-20-9-7-16-36(43)37-17-8-10-21-44(37)55/h1-14,16-30,32,51H,15H2,(H,52,53,54). The Morgan fingerprint density at radius 3 is 2.00 bits per heavy atom. The van der Waals surface area contributed by atoms with Crippen LogP contribution in [0.15, 0.2) is 186 Å². The molecular formula is C51H34N4S2. The number of allylic oxidation sites excluding steroid dienone is 3. The Morgan fingerprint density at radius 1 is 0.544 bits per heavy atom. The van der Waals surface area contributed by atoms with Crippen molar-refractivity contribution in [2.24, 2.45) is 15.9 Å². The van der Waals surface area contributed by atoms with E-state index in [0.717, 1.165) is 23.7 Å². The van der Waals surface area contributed by atoms with Crippen LogP contribution in [0, 0.1) is 5.92 Å². The number of hydrogen-bond donors (Lipinski definition) is 1. The van der Waals surface area contributed by atoms with Gasteiger partial charge in [-0.1, -0.05) is 133 Å². The molecule has 0 bridgehead atoms. The van der Waals surface area contributed by atoms with E-state index < -0.39 is 0 Å². The van der Waals surface area contributed by atoms with Crippen molar-refractivity contribution in [2.75, 3.05) is 0 Å². The predicted octanol–water partition coefficient (Wildman–Crippen LogP) is 13.8. The Kier molecular flexibility index (Phi) is 7.43. The van der Waals surface area contributed by atoms with E-state index >= 15 is 0 Å². The van der Waals surface area contributed by atoms with Crippen molar-refractivity contribution in [3.05, 3.63) is 187 Å². The molecule has 1 N–H and O–H groups in total. The van der Waals surface area contributed by atoms with E-state index in [1.807, 2.05) is 28.7 Å². The lowest BCUT2D eigenvalue weighted by Gasteiger charge is -2.26. The molecule has 0 spiro atoms. The molecule has 57 heavy (non-hydrogen) atoms. The third-order valence-corrected chi connectivity index (χ3v) is 13.9. The maximum absolute atomic E-state index is 5.27. The average molecular weight is 767 g/mol. The second kappa shape index (κ2) is 13.0. The molecule has 12 rings (SSSR count). The number of thiophene rings is 2. The van der Waals surface area contributed by atoms with Crippen molar-refractivity contribution >= 4 is 96.5 Å². The quantitative estimate of drug-likeness (QED) is 0.186. The van der Waals surface area contributed by atoms with Crippen LogP contribution in [0.1, 0.15) is 23.7 Å². The van der Waals surface area contributed by atoms with Gasteiger partial charge in [0.05, 0.1) is 11.0 Å². The molecule has 2 aliphatic rings. The maximum atomic E-state index is 5.27. The van der Waals surface area contributed by atoms with Gasteiger partial charge in [-0.25, -0.2) is 9.98 Å². The molecule has 0 saturated carbocycles. The molecule has 1 aliphatic heterocycles. The van der Waals surface area contributed by atoms with Crippen LogP contribution < -0.4 is 5.32 Å². The van der Waals surface area contributed by atoms with Crippen molar-refractivity contribution in [1.82, 2.24) is 9.88 Å². The first-order valence-corrected chi connectivity index (χ1v) is 21.1. The molecule has 0 fully saturated rings. The summed E-state index contributed by atoms with van der Waals surface area (Å²) in [5, 5.41) is 11.4. The Hall–Kier alpha value is -6.60. The highest BCUT2D eigenvalue weighted by atomic mass is 32.1. The Morgan fingerprint density at radius 2 is 1.25 bits per heavy atom. The van der Waals surface area contributed by atoms with E-state index in [1.165, 1.54) is 84.5 Å². The van der Waals surface area contributed by atoms with Crippen molar-refractivity contribution in [3.8, 4) is 16.8 Å². The lowest BCUT2D eigenvalue weighted by molar-refractivity contribution is 0.664. The average Bonchev–Trinajstić information content (AvgIpc) is 3.95. The Bertz CT molecular complexity index is 3320. The number of aromatic nitrogens is 1. The normalized spacial score (nSPS) is 16.9. The summed E-state index contributed by atoms with van der Waals surface area (Å²) in [6.07, 6.45) is 9.30. The van der Waals surface area contributed by atoms with Gasteiger partial charge in [0.25, 0.3) is 0 Å². The highest BCUT2D eigenvalue weighted by Crippen LogP contribution is 2.43. The van der Waals surface area contributed by atoms with Gasteiger partial charge in [0, 0.05) is 73.8 Å². The Balaban J connectivity index is 0.921. The number of para-hydroxylation sites is 2. The van der Waals surface area contributed by atoms with Gasteiger partial charge in [-0.15, -0.1) is 22.7 Å². The van der Waals surface area contributed by atoms with Gasteiger partial charge in [-0.3, -0.25) is 0 Å². The summed E-state index contributed by atoms with van der Waals surface area (Å²) in [4.78, 5) is 10.3. The lowest BCUT2D eigenvalue weighted by atomic mass is 9.98. The van der Waals surface area contributed by atoms with E-state index in [4.69, 9.17) is 9.98 Å².